The molecule has 0 aromatic heterocycles. The van der Waals surface area contributed by atoms with Crippen molar-refractivity contribution in [3.63, 3.8) is 0 Å². The number of ether oxygens (including phenoxy) is 9. The van der Waals surface area contributed by atoms with Gasteiger partial charge in [-0.1, -0.05) is 31.2 Å². The van der Waals surface area contributed by atoms with E-state index >= 15 is 0 Å². The summed E-state index contributed by atoms with van der Waals surface area (Å²) in [6.45, 7) is 12.0. The number of carbonyl (C=O) groups excluding carboxylic acids is 3. The fourth-order valence-electron chi connectivity index (χ4n) is 9.40. The summed E-state index contributed by atoms with van der Waals surface area (Å²) >= 11 is 0. The Bertz CT molecular complexity index is 1480. The second-order valence-electron chi connectivity index (χ2n) is 18.4. The SMILES string of the molecule is CO[C@H]1C(OC(C)=O)CC(=O)O[C@@H](C)C/C=C/C=C/[C@H](OC2CC[C@@H](N(C)C)[C@@H](C)O2)[C@@H](C)C[C@@H](CC=O)[C@@H]1OC1O[C@@H](C)[C@H](OC2C[C@](C)(O)C(O)[C@@H](C)O2)C(N(C)C)[C@@H]1O. The van der Waals surface area contributed by atoms with Crippen molar-refractivity contribution in [2.24, 2.45) is 11.8 Å². The number of methoxy groups -OCH3 is 1. The number of aldehydes is 1. The molecule has 4 rings (SSSR count). The summed E-state index contributed by atoms with van der Waals surface area (Å²) < 4.78 is 56.3. The molecule has 17 heteroatoms. The molecule has 4 heterocycles. The second-order valence-corrected chi connectivity index (χ2v) is 18.4. The van der Waals surface area contributed by atoms with E-state index in [4.69, 9.17) is 42.6 Å². The molecular weight excluding hydrogens is 808 g/mol. The molecule has 3 saturated heterocycles. The van der Waals surface area contributed by atoms with Crippen LogP contribution in [0.1, 0.15) is 93.4 Å². The van der Waals surface area contributed by atoms with Crippen LogP contribution in [0.25, 0.3) is 0 Å². The topological polar surface area (TPSA) is 201 Å². The Hall–Kier alpha value is -2.39. The Balaban J connectivity index is 1.73. The molecule has 17 nitrogen and oxygen atoms in total. The molecule has 0 amide bonds. The number of carbonyl (C=O) groups is 3. The maximum absolute atomic E-state index is 13.4. The van der Waals surface area contributed by atoms with E-state index in [1.807, 2.05) is 52.2 Å². The average molecular weight is 885 g/mol. The fraction of sp³-hybridized carbons (Fsp3) is 0.844. The van der Waals surface area contributed by atoms with Crippen molar-refractivity contribution >= 4 is 18.2 Å². The van der Waals surface area contributed by atoms with Gasteiger partial charge in [0.15, 0.2) is 18.9 Å². The van der Waals surface area contributed by atoms with Crippen molar-refractivity contribution in [2.75, 3.05) is 35.3 Å². The van der Waals surface area contributed by atoms with Crippen LogP contribution < -0.4 is 0 Å². The zero-order valence-corrected chi connectivity index (χ0v) is 38.9. The van der Waals surface area contributed by atoms with Gasteiger partial charge in [-0.15, -0.1) is 0 Å². The van der Waals surface area contributed by atoms with Crippen LogP contribution in [-0.4, -0.2) is 182 Å². The maximum Gasteiger partial charge on any atom is 0.309 e. The summed E-state index contributed by atoms with van der Waals surface area (Å²) in [7, 11) is 9.02. The Morgan fingerprint density at radius 3 is 2.19 bits per heavy atom. The highest BCUT2D eigenvalue weighted by atomic mass is 16.7. The number of likely N-dealkylation sites (N-methyl/N-ethyl adjacent to an activating group) is 2. The molecule has 4 aliphatic rings. The molecule has 0 aromatic carbocycles. The van der Waals surface area contributed by atoms with Crippen LogP contribution in [0.15, 0.2) is 24.3 Å². The number of aliphatic hydroxyl groups excluding tert-OH is 2. The van der Waals surface area contributed by atoms with Crippen molar-refractivity contribution in [3.8, 4) is 0 Å². The van der Waals surface area contributed by atoms with Gasteiger partial charge in [-0.25, -0.2) is 0 Å². The number of hydrogen-bond acceptors (Lipinski definition) is 17. The van der Waals surface area contributed by atoms with Gasteiger partial charge in [0, 0.05) is 39.3 Å². The molecule has 62 heavy (non-hydrogen) atoms. The normalized spacial score (nSPS) is 44.0. The van der Waals surface area contributed by atoms with Crippen molar-refractivity contribution in [3.05, 3.63) is 24.3 Å². The van der Waals surface area contributed by atoms with Crippen LogP contribution in [0.4, 0.5) is 0 Å². The Labute approximate surface area is 368 Å². The Kier molecular flexibility index (Phi) is 20.0. The fourth-order valence-corrected chi connectivity index (χ4v) is 9.40. The van der Waals surface area contributed by atoms with Gasteiger partial charge < -0.3 is 72.5 Å². The van der Waals surface area contributed by atoms with Gasteiger partial charge in [-0.05, 0) is 93.9 Å². The van der Waals surface area contributed by atoms with Crippen LogP contribution in [0.5, 0.6) is 0 Å². The Morgan fingerprint density at radius 1 is 0.903 bits per heavy atom. The lowest BCUT2D eigenvalue weighted by molar-refractivity contribution is -0.344. The molecule has 0 aromatic rings. The van der Waals surface area contributed by atoms with Crippen molar-refractivity contribution < 1.29 is 72.3 Å². The number of nitrogens with zero attached hydrogens (tertiary/aromatic N) is 2. The molecule has 0 spiro atoms. The first-order chi connectivity index (χ1) is 29.2. The quantitative estimate of drug-likeness (QED) is 0.191. The first-order valence-electron chi connectivity index (χ1n) is 22.2. The van der Waals surface area contributed by atoms with Gasteiger partial charge >= 0.3 is 11.9 Å². The lowest BCUT2D eigenvalue weighted by Crippen LogP contribution is -2.65. The predicted octanol–water partition coefficient (Wildman–Crippen LogP) is 2.90. The summed E-state index contributed by atoms with van der Waals surface area (Å²) in [5, 5.41) is 33.6. The molecule has 6 unspecified atom stereocenters. The lowest BCUT2D eigenvalue weighted by Gasteiger charge is -2.50. The second kappa shape index (κ2) is 23.7. The van der Waals surface area contributed by atoms with Crippen LogP contribution in [-0.2, 0) is 57.0 Å². The van der Waals surface area contributed by atoms with Gasteiger partial charge in [0.1, 0.15) is 42.9 Å². The van der Waals surface area contributed by atoms with Crippen LogP contribution in [0.3, 0.4) is 0 Å². The lowest BCUT2D eigenvalue weighted by atomic mass is 9.82. The van der Waals surface area contributed by atoms with E-state index in [0.717, 1.165) is 12.7 Å². The van der Waals surface area contributed by atoms with E-state index in [0.29, 0.717) is 19.3 Å². The molecule has 0 saturated carbocycles. The molecule has 3 N–H and O–H groups in total. The van der Waals surface area contributed by atoms with E-state index in [2.05, 4.69) is 4.90 Å². The number of aliphatic hydroxyl groups is 3. The summed E-state index contributed by atoms with van der Waals surface area (Å²) in [6.07, 6.45) is -1.81. The van der Waals surface area contributed by atoms with E-state index in [-0.39, 0.29) is 37.3 Å². The minimum absolute atomic E-state index is 0.0293. The van der Waals surface area contributed by atoms with E-state index < -0.39 is 109 Å². The predicted molar refractivity (Wildman–Crippen MR) is 226 cm³/mol. The number of allylic oxidation sites excluding steroid dienone is 2. The number of hydrogen-bond donors (Lipinski definition) is 3. The molecule has 3 fully saturated rings. The van der Waals surface area contributed by atoms with Gasteiger partial charge in [-0.2, -0.15) is 0 Å². The summed E-state index contributed by atoms with van der Waals surface area (Å²) in [5.41, 5.74) is -1.49. The highest BCUT2D eigenvalue weighted by molar-refractivity contribution is 5.72. The standard InChI is InChI=1S/C45H76N2O15/c1-25-22-31(20-21-48)41(62-44-39(51)38(47(10)11)40(28(4)58-44)61-37-24-45(7,53)43(52)29(5)57-37)42(54-12)34(59-30(6)49)23-35(50)55-26(2)16-14-13-15-17-33(25)60-36-19-18-32(46(8)9)27(3)56-36/h13-15,17,21,25-29,31-34,36-44,51-53H,16,18-20,22-24H2,1-12H3/b14-13+,17-15+/t25-,26-,27+,28-,29+,31+,32+,33-,34?,36?,37?,38?,39-,40-,41-,42-,43?,44?,45-/m0/s1. The minimum Gasteiger partial charge on any atom is -0.462 e. The summed E-state index contributed by atoms with van der Waals surface area (Å²) in [6, 6.07) is -0.509. The molecular formula is C45H76N2O15. The number of cyclic esters (lactones) is 1. The summed E-state index contributed by atoms with van der Waals surface area (Å²) in [5.74, 6) is -2.21. The van der Waals surface area contributed by atoms with E-state index in [9.17, 15) is 29.7 Å². The average Bonchev–Trinajstić information content (AvgIpc) is 3.16. The third kappa shape index (κ3) is 14.1. The third-order valence-electron chi connectivity index (χ3n) is 12.7. The van der Waals surface area contributed by atoms with Gasteiger partial charge in [0.05, 0.1) is 48.6 Å². The minimum atomic E-state index is -1.49. The van der Waals surface area contributed by atoms with Crippen LogP contribution in [0.2, 0.25) is 0 Å². The smallest absolute Gasteiger partial charge is 0.309 e. The van der Waals surface area contributed by atoms with Crippen molar-refractivity contribution in [1.82, 2.24) is 9.80 Å². The molecule has 356 valence electrons. The largest absolute Gasteiger partial charge is 0.462 e. The van der Waals surface area contributed by atoms with Gasteiger partial charge in [0.25, 0.3) is 0 Å². The Morgan fingerprint density at radius 2 is 1.60 bits per heavy atom. The third-order valence-corrected chi connectivity index (χ3v) is 12.7. The highest BCUT2D eigenvalue weighted by Gasteiger charge is 2.52. The first kappa shape index (κ1) is 52.2. The van der Waals surface area contributed by atoms with Crippen LogP contribution in [0, 0.1) is 11.8 Å². The van der Waals surface area contributed by atoms with Crippen molar-refractivity contribution in [2.45, 2.75) is 197 Å². The summed E-state index contributed by atoms with van der Waals surface area (Å²) in [4.78, 5) is 42.7. The molecule has 0 bridgehead atoms. The van der Waals surface area contributed by atoms with Gasteiger partial charge in [0.2, 0.25) is 0 Å². The zero-order valence-electron chi connectivity index (χ0n) is 38.9. The number of esters is 2. The van der Waals surface area contributed by atoms with E-state index in [1.165, 1.54) is 21.0 Å². The molecule has 0 aliphatic carbocycles. The zero-order chi connectivity index (χ0) is 46.1. The highest BCUT2D eigenvalue weighted by Crippen LogP contribution is 2.38. The first-order valence-corrected chi connectivity index (χ1v) is 22.2. The van der Waals surface area contributed by atoms with Crippen molar-refractivity contribution in [1.29, 1.82) is 0 Å². The molecule has 19 atom stereocenters. The molecule has 4 aliphatic heterocycles. The van der Waals surface area contributed by atoms with Crippen LogP contribution >= 0.6 is 0 Å². The number of rotatable bonds is 12. The maximum atomic E-state index is 13.4. The monoisotopic (exact) mass is 885 g/mol. The van der Waals surface area contributed by atoms with E-state index in [1.54, 1.807) is 39.8 Å². The van der Waals surface area contributed by atoms with Gasteiger partial charge in [-0.3, -0.25) is 9.59 Å². The molecule has 0 radical (unpaired) electrons.